The van der Waals surface area contributed by atoms with Crippen molar-refractivity contribution in [1.29, 1.82) is 0 Å². The SMILES string of the molecule is COC(=O)c1ccc(S(=O)(=O)N2CCNC(C)C2)c(OC)c1. The van der Waals surface area contributed by atoms with Crippen molar-refractivity contribution in [2.75, 3.05) is 33.9 Å². The lowest BCUT2D eigenvalue weighted by molar-refractivity contribution is 0.0600. The molecule has 0 radical (unpaired) electrons. The standard InChI is InChI=1S/C14H20N2O5S/c1-10-9-16(7-6-15-10)22(18,19)13-5-4-11(14(17)21-3)8-12(13)20-2/h4-5,8,10,15H,6-7,9H2,1-3H3. The molecule has 1 saturated heterocycles. The van der Waals surface area contributed by atoms with E-state index in [4.69, 9.17) is 4.74 Å². The number of ether oxygens (including phenoxy) is 2. The molecule has 0 amide bonds. The molecule has 2 rings (SSSR count). The number of methoxy groups -OCH3 is 2. The minimum atomic E-state index is -3.67. The summed E-state index contributed by atoms with van der Waals surface area (Å²) in [6.07, 6.45) is 0. The number of nitrogens with one attached hydrogen (secondary N) is 1. The summed E-state index contributed by atoms with van der Waals surface area (Å²) in [5.41, 5.74) is 0.243. The van der Waals surface area contributed by atoms with Crippen LogP contribution in [0.25, 0.3) is 0 Å². The summed E-state index contributed by atoms with van der Waals surface area (Å²) in [5, 5.41) is 3.20. The highest BCUT2D eigenvalue weighted by molar-refractivity contribution is 7.89. The Kier molecular flexibility index (Phi) is 5.05. The summed E-state index contributed by atoms with van der Waals surface area (Å²) in [6.45, 7) is 3.32. The van der Waals surface area contributed by atoms with Crippen LogP contribution in [-0.2, 0) is 14.8 Å². The molecule has 0 bridgehead atoms. The summed E-state index contributed by atoms with van der Waals surface area (Å²) in [5.74, 6) is -0.410. The zero-order chi connectivity index (χ0) is 16.3. The molecule has 1 unspecified atom stereocenters. The molecule has 1 aliphatic rings. The monoisotopic (exact) mass is 328 g/mol. The Morgan fingerprint density at radius 2 is 2.09 bits per heavy atom. The fourth-order valence-corrected chi connectivity index (χ4v) is 4.05. The first kappa shape index (κ1) is 16.7. The van der Waals surface area contributed by atoms with Crippen LogP contribution in [-0.4, -0.2) is 58.6 Å². The largest absolute Gasteiger partial charge is 0.495 e. The lowest BCUT2D eigenvalue weighted by atomic mass is 10.2. The van der Waals surface area contributed by atoms with Crippen LogP contribution < -0.4 is 10.1 Å². The molecule has 0 aromatic heterocycles. The van der Waals surface area contributed by atoms with E-state index in [0.29, 0.717) is 19.6 Å². The molecule has 1 N–H and O–H groups in total. The van der Waals surface area contributed by atoms with E-state index in [1.165, 1.54) is 36.7 Å². The summed E-state index contributed by atoms with van der Waals surface area (Å²) in [7, 11) is -1.03. The number of nitrogens with zero attached hydrogens (tertiary/aromatic N) is 1. The number of benzene rings is 1. The van der Waals surface area contributed by atoms with Gasteiger partial charge in [0.1, 0.15) is 10.6 Å². The number of esters is 1. The maximum Gasteiger partial charge on any atom is 0.337 e. The maximum absolute atomic E-state index is 12.8. The molecule has 1 atom stereocenters. The Labute approximate surface area is 130 Å². The predicted molar refractivity (Wildman–Crippen MR) is 80.6 cm³/mol. The summed E-state index contributed by atoms with van der Waals surface area (Å²) < 4.78 is 36.7. The van der Waals surface area contributed by atoms with Crippen LogP contribution in [0, 0.1) is 0 Å². The average molecular weight is 328 g/mol. The predicted octanol–water partition coefficient (Wildman–Crippen LogP) is 0.464. The zero-order valence-corrected chi connectivity index (χ0v) is 13.6. The Morgan fingerprint density at radius 3 is 2.68 bits per heavy atom. The molecular weight excluding hydrogens is 308 g/mol. The first-order valence-electron chi connectivity index (χ1n) is 6.90. The van der Waals surface area contributed by atoms with Crippen LogP contribution in [0.1, 0.15) is 17.3 Å². The van der Waals surface area contributed by atoms with Gasteiger partial charge in [-0.25, -0.2) is 13.2 Å². The van der Waals surface area contributed by atoms with Crippen molar-refractivity contribution in [2.24, 2.45) is 0 Å². The maximum atomic E-state index is 12.8. The van der Waals surface area contributed by atoms with E-state index < -0.39 is 16.0 Å². The third-order valence-corrected chi connectivity index (χ3v) is 5.44. The molecular formula is C14H20N2O5S. The highest BCUT2D eigenvalue weighted by atomic mass is 32.2. The first-order valence-corrected chi connectivity index (χ1v) is 8.34. The van der Waals surface area contributed by atoms with Crippen LogP contribution in [0.3, 0.4) is 0 Å². The van der Waals surface area contributed by atoms with Gasteiger partial charge in [-0.15, -0.1) is 0 Å². The lowest BCUT2D eigenvalue weighted by Gasteiger charge is -2.31. The van der Waals surface area contributed by atoms with Gasteiger partial charge < -0.3 is 14.8 Å². The number of hydrogen-bond donors (Lipinski definition) is 1. The zero-order valence-electron chi connectivity index (χ0n) is 12.8. The van der Waals surface area contributed by atoms with E-state index in [2.05, 4.69) is 10.1 Å². The normalized spacial score (nSPS) is 19.7. The van der Waals surface area contributed by atoms with Crippen LogP contribution in [0.2, 0.25) is 0 Å². The highest BCUT2D eigenvalue weighted by Gasteiger charge is 2.31. The molecule has 1 aliphatic heterocycles. The number of rotatable bonds is 4. The number of hydrogen-bond acceptors (Lipinski definition) is 6. The average Bonchev–Trinajstić information content (AvgIpc) is 2.53. The van der Waals surface area contributed by atoms with Crippen LogP contribution in [0.15, 0.2) is 23.1 Å². The van der Waals surface area contributed by atoms with Gasteiger partial charge in [0, 0.05) is 25.7 Å². The third kappa shape index (κ3) is 3.23. The molecule has 7 nitrogen and oxygen atoms in total. The fraction of sp³-hybridized carbons (Fsp3) is 0.500. The smallest absolute Gasteiger partial charge is 0.337 e. The van der Waals surface area contributed by atoms with E-state index in [9.17, 15) is 13.2 Å². The molecule has 1 fully saturated rings. The third-order valence-electron chi connectivity index (χ3n) is 3.53. The van der Waals surface area contributed by atoms with Gasteiger partial charge in [-0.05, 0) is 25.1 Å². The summed E-state index contributed by atoms with van der Waals surface area (Å²) in [4.78, 5) is 11.6. The van der Waals surface area contributed by atoms with Crippen molar-refractivity contribution in [3.63, 3.8) is 0 Å². The highest BCUT2D eigenvalue weighted by Crippen LogP contribution is 2.28. The summed E-state index contributed by atoms with van der Waals surface area (Å²) >= 11 is 0. The van der Waals surface area contributed by atoms with Crippen LogP contribution in [0.5, 0.6) is 5.75 Å². The Morgan fingerprint density at radius 1 is 1.36 bits per heavy atom. The van der Waals surface area contributed by atoms with Gasteiger partial charge in [0.25, 0.3) is 0 Å². The fourth-order valence-electron chi connectivity index (χ4n) is 2.38. The Hall–Kier alpha value is -1.64. The lowest BCUT2D eigenvalue weighted by Crippen LogP contribution is -2.51. The molecule has 22 heavy (non-hydrogen) atoms. The van der Waals surface area contributed by atoms with E-state index >= 15 is 0 Å². The van der Waals surface area contributed by atoms with Gasteiger partial charge in [-0.2, -0.15) is 4.31 Å². The first-order chi connectivity index (χ1) is 10.4. The Bertz CT molecular complexity index is 659. The quantitative estimate of drug-likeness (QED) is 0.809. The van der Waals surface area contributed by atoms with Crippen molar-refractivity contribution in [3.05, 3.63) is 23.8 Å². The van der Waals surface area contributed by atoms with E-state index in [1.54, 1.807) is 0 Å². The van der Waals surface area contributed by atoms with Crippen molar-refractivity contribution in [1.82, 2.24) is 9.62 Å². The molecule has 0 saturated carbocycles. The van der Waals surface area contributed by atoms with Gasteiger partial charge in [-0.1, -0.05) is 0 Å². The second kappa shape index (κ2) is 6.64. The van der Waals surface area contributed by atoms with Crippen molar-refractivity contribution in [3.8, 4) is 5.75 Å². The number of piperazine rings is 1. The minimum Gasteiger partial charge on any atom is -0.495 e. The van der Waals surface area contributed by atoms with Gasteiger partial charge in [0.2, 0.25) is 10.0 Å². The molecule has 1 aromatic carbocycles. The van der Waals surface area contributed by atoms with Crippen molar-refractivity contribution < 1.29 is 22.7 Å². The van der Waals surface area contributed by atoms with Gasteiger partial charge >= 0.3 is 5.97 Å². The molecule has 122 valence electrons. The number of carbonyl (C=O) groups excluding carboxylic acids is 1. The van der Waals surface area contributed by atoms with Gasteiger partial charge in [-0.3, -0.25) is 0 Å². The van der Waals surface area contributed by atoms with Crippen molar-refractivity contribution in [2.45, 2.75) is 17.9 Å². The second-order valence-electron chi connectivity index (χ2n) is 5.08. The van der Waals surface area contributed by atoms with Crippen molar-refractivity contribution >= 4 is 16.0 Å². The second-order valence-corrected chi connectivity index (χ2v) is 6.98. The minimum absolute atomic E-state index is 0.0525. The molecule has 0 spiro atoms. The Balaban J connectivity index is 2.40. The van der Waals surface area contributed by atoms with E-state index in [1.807, 2.05) is 6.92 Å². The molecule has 1 aromatic rings. The molecule has 0 aliphatic carbocycles. The number of carbonyl (C=O) groups is 1. The van der Waals surface area contributed by atoms with Gasteiger partial charge in [0.15, 0.2) is 0 Å². The van der Waals surface area contributed by atoms with E-state index in [0.717, 1.165) is 0 Å². The van der Waals surface area contributed by atoms with Gasteiger partial charge in [0.05, 0.1) is 19.8 Å². The van der Waals surface area contributed by atoms with Crippen LogP contribution >= 0.6 is 0 Å². The van der Waals surface area contributed by atoms with E-state index in [-0.39, 0.29) is 22.3 Å². The topological polar surface area (TPSA) is 84.9 Å². The molecule has 1 heterocycles. The summed E-state index contributed by atoms with van der Waals surface area (Å²) in [6, 6.07) is 4.27. The molecule has 8 heteroatoms. The number of sulfonamides is 1. The van der Waals surface area contributed by atoms with Crippen LogP contribution in [0.4, 0.5) is 0 Å².